The van der Waals surface area contributed by atoms with E-state index in [4.69, 9.17) is 16.3 Å². The Morgan fingerprint density at radius 1 is 1.12 bits per heavy atom. The van der Waals surface area contributed by atoms with E-state index in [9.17, 15) is 4.79 Å². The molecule has 3 rings (SSSR count). The number of hydrogen-bond acceptors (Lipinski definition) is 8. The van der Waals surface area contributed by atoms with Crippen LogP contribution in [-0.2, 0) is 16.0 Å². The van der Waals surface area contributed by atoms with Crippen LogP contribution in [0.25, 0.3) is 11.3 Å². The lowest BCUT2D eigenvalue weighted by molar-refractivity contribution is -0.156. The summed E-state index contributed by atoms with van der Waals surface area (Å²) >= 11 is 8.89. The fourth-order valence-electron chi connectivity index (χ4n) is 2.62. The van der Waals surface area contributed by atoms with Crippen molar-refractivity contribution < 1.29 is 9.53 Å². The van der Waals surface area contributed by atoms with E-state index >= 15 is 0 Å². The van der Waals surface area contributed by atoms with Gasteiger partial charge in [-0.3, -0.25) is 9.78 Å². The number of nitrogens with zero attached hydrogens (tertiary/aromatic N) is 3. The van der Waals surface area contributed by atoms with Gasteiger partial charge in [0.15, 0.2) is 4.34 Å². The zero-order valence-electron chi connectivity index (χ0n) is 18.8. The number of benzene rings is 1. The molecule has 6 nitrogen and oxygen atoms in total. The number of nitrogens with one attached hydrogen (secondary N) is 1. The lowest BCUT2D eigenvalue weighted by Gasteiger charge is -2.27. The van der Waals surface area contributed by atoms with Crippen molar-refractivity contribution in [1.29, 1.82) is 0 Å². The molecule has 0 atom stereocenters. The van der Waals surface area contributed by atoms with E-state index in [1.165, 1.54) is 23.1 Å². The third-order valence-corrected chi connectivity index (χ3v) is 6.66. The molecule has 2 aromatic heterocycles. The van der Waals surface area contributed by atoms with Crippen molar-refractivity contribution >= 4 is 46.5 Å². The molecule has 0 aliphatic heterocycles. The molecule has 1 N–H and O–H groups in total. The van der Waals surface area contributed by atoms with Crippen LogP contribution >= 0.6 is 34.7 Å². The third-order valence-electron chi connectivity index (χ3n) is 4.24. The molecule has 32 heavy (non-hydrogen) atoms. The molecule has 0 saturated heterocycles. The van der Waals surface area contributed by atoms with Crippen molar-refractivity contribution in [3.05, 3.63) is 52.8 Å². The Morgan fingerprint density at radius 3 is 2.47 bits per heavy atom. The molecule has 0 fully saturated rings. The number of anilines is 1. The highest BCUT2D eigenvalue weighted by Gasteiger charge is 2.34. The van der Waals surface area contributed by atoms with Gasteiger partial charge in [-0.1, -0.05) is 35.5 Å². The number of ether oxygens (including phenoxy) is 1. The lowest BCUT2D eigenvalue weighted by atomic mass is 10.1. The monoisotopic (exact) mass is 490 g/mol. The molecule has 2 heterocycles. The first kappa shape index (κ1) is 24.5. The molecule has 0 saturated carbocycles. The van der Waals surface area contributed by atoms with E-state index in [1.54, 1.807) is 12.4 Å². The number of hydrogen-bond donors (Lipinski definition) is 1. The Kier molecular flexibility index (Phi) is 7.79. The van der Waals surface area contributed by atoms with Crippen LogP contribution in [-0.4, -0.2) is 37.8 Å². The summed E-state index contributed by atoms with van der Waals surface area (Å²) in [5.41, 5.74) is 2.22. The van der Waals surface area contributed by atoms with Gasteiger partial charge in [0.05, 0.1) is 23.8 Å². The van der Waals surface area contributed by atoms with Gasteiger partial charge in [-0.2, -0.15) is 0 Å². The zero-order valence-corrected chi connectivity index (χ0v) is 21.2. The van der Waals surface area contributed by atoms with Crippen LogP contribution in [0.3, 0.4) is 0 Å². The normalized spacial score (nSPS) is 11.9. The van der Waals surface area contributed by atoms with E-state index in [2.05, 4.69) is 20.3 Å². The van der Waals surface area contributed by atoms with Gasteiger partial charge in [-0.15, -0.1) is 11.3 Å². The largest absolute Gasteiger partial charge is 0.459 e. The molecule has 0 amide bonds. The Bertz CT molecular complexity index is 1050. The van der Waals surface area contributed by atoms with Crippen LogP contribution in [0, 0.1) is 0 Å². The van der Waals surface area contributed by atoms with Crippen molar-refractivity contribution in [2.45, 2.75) is 55.7 Å². The van der Waals surface area contributed by atoms with Crippen LogP contribution in [0.1, 0.15) is 40.3 Å². The number of carbonyl (C=O) groups excluding carboxylic acids is 1. The van der Waals surface area contributed by atoms with E-state index in [0.29, 0.717) is 17.4 Å². The highest BCUT2D eigenvalue weighted by Crippen LogP contribution is 2.36. The van der Waals surface area contributed by atoms with Crippen LogP contribution in [0.5, 0.6) is 0 Å². The maximum atomic E-state index is 12.5. The van der Waals surface area contributed by atoms with Crippen molar-refractivity contribution in [2.75, 3.05) is 11.9 Å². The number of thioether (sulfide) groups is 1. The number of rotatable bonds is 8. The van der Waals surface area contributed by atoms with Gasteiger partial charge in [0.1, 0.15) is 16.2 Å². The maximum absolute atomic E-state index is 12.5. The third kappa shape index (κ3) is 7.18. The SMILES string of the molecule is CC(C)(C)OC(=O)C(C)(C)Sc1nc(CCNc2cnc(-c3ccc(Cl)cc3)cn2)cs1. The summed E-state index contributed by atoms with van der Waals surface area (Å²) in [6, 6.07) is 7.50. The van der Waals surface area contributed by atoms with Gasteiger partial charge in [-0.25, -0.2) is 9.97 Å². The van der Waals surface area contributed by atoms with Crippen LogP contribution in [0.15, 0.2) is 46.4 Å². The van der Waals surface area contributed by atoms with Gasteiger partial charge in [0.25, 0.3) is 0 Å². The Balaban J connectivity index is 1.50. The first-order valence-corrected chi connectivity index (χ1v) is 12.3. The van der Waals surface area contributed by atoms with Crippen molar-refractivity contribution in [3.63, 3.8) is 0 Å². The summed E-state index contributed by atoms with van der Waals surface area (Å²) in [6.07, 6.45) is 4.20. The average Bonchev–Trinajstić information content (AvgIpc) is 3.14. The van der Waals surface area contributed by atoms with Crippen LogP contribution < -0.4 is 5.32 Å². The smallest absolute Gasteiger partial charge is 0.322 e. The van der Waals surface area contributed by atoms with Crippen molar-refractivity contribution in [3.8, 4) is 11.3 Å². The average molecular weight is 491 g/mol. The molecule has 0 radical (unpaired) electrons. The van der Waals surface area contributed by atoms with Crippen molar-refractivity contribution in [2.24, 2.45) is 0 Å². The fraction of sp³-hybridized carbons (Fsp3) is 0.391. The summed E-state index contributed by atoms with van der Waals surface area (Å²) < 4.78 is 5.67. The molecular formula is C23H27ClN4O2S2. The first-order chi connectivity index (χ1) is 15.0. The number of aromatic nitrogens is 3. The molecule has 0 aliphatic carbocycles. The molecule has 0 aliphatic rings. The molecule has 0 spiro atoms. The van der Waals surface area contributed by atoms with E-state index < -0.39 is 10.3 Å². The number of halogens is 1. The predicted molar refractivity (Wildman–Crippen MR) is 133 cm³/mol. The summed E-state index contributed by atoms with van der Waals surface area (Å²) in [7, 11) is 0. The zero-order chi connectivity index (χ0) is 23.4. The van der Waals surface area contributed by atoms with Crippen molar-refractivity contribution in [1.82, 2.24) is 15.0 Å². The van der Waals surface area contributed by atoms with E-state index in [1.807, 2.05) is 64.3 Å². The molecule has 1 aromatic carbocycles. The molecule has 0 unspecified atom stereocenters. The Morgan fingerprint density at radius 2 is 1.84 bits per heavy atom. The molecule has 0 bridgehead atoms. The highest BCUT2D eigenvalue weighted by atomic mass is 35.5. The van der Waals surface area contributed by atoms with Gasteiger partial charge < -0.3 is 10.1 Å². The first-order valence-electron chi connectivity index (χ1n) is 10.2. The quantitative estimate of drug-likeness (QED) is 0.301. The predicted octanol–water partition coefficient (Wildman–Crippen LogP) is 6.12. The minimum atomic E-state index is -0.706. The number of esters is 1. The topological polar surface area (TPSA) is 77.0 Å². The van der Waals surface area contributed by atoms with E-state index in [0.717, 1.165) is 27.7 Å². The van der Waals surface area contributed by atoms with Crippen LogP contribution in [0.4, 0.5) is 5.82 Å². The second-order valence-electron chi connectivity index (χ2n) is 8.69. The molecule has 9 heteroatoms. The minimum Gasteiger partial charge on any atom is -0.459 e. The number of thiazole rings is 1. The van der Waals surface area contributed by atoms with Gasteiger partial charge >= 0.3 is 5.97 Å². The Labute approximate surface area is 202 Å². The summed E-state index contributed by atoms with van der Waals surface area (Å²) in [6.45, 7) is 10.0. The van der Waals surface area contributed by atoms with Crippen LogP contribution in [0.2, 0.25) is 5.02 Å². The fourth-order valence-corrected chi connectivity index (χ4v) is 5.01. The second-order valence-corrected chi connectivity index (χ2v) is 11.9. The second kappa shape index (κ2) is 10.2. The molecule has 3 aromatic rings. The standard InChI is InChI=1S/C23H27ClN4O2S2/c1-22(2,3)30-20(29)23(4,5)32-21-28-17(14-31-21)10-11-25-19-13-26-18(12-27-19)15-6-8-16(24)9-7-15/h6-9,12-14H,10-11H2,1-5H3,(H,25,27). The summed E-state index contributed by atoms with van der Waals surface area (Å²) in [5.74, 6) is 0.465. The van der Waals surface area contributed by atoms with Gasteiger partial charge in [0.2, 0.25) is 0 Å². The van der Waals surface area contributed by atoms with E-state index in [-0.39, 0.29) is 5.97 Å². The maximum Gasteiger partial charge on any atom is 0.322 e. The molecular weight excluding hydrogens is 464 g/mol. The molecule has 170 valence electrons. The lowest BCUT2D eigenvalue weighted by Crippen LogP contribution is -2.36. The summed E-state index contributed by atoms with van der Waals surface area (Å²) in [5, 5.41) is 5.98. The highest BCUT2D eigenvalue weighted by molar-refractivity contribution is 8.03. The van der Waals surface area contributed by atoms with Gasteiger partial charge in [-0.05, 0) is 46.8 Å². The minimum absolute atomic E-state index is 0.242. The number of carbonyl (C=O) groups is 1. The Hall–Kier alpha value is -2.16. The summed E-state index contributed by atoms with van der Waals surface area (Å²) in [4.78, 5) is 26.0. The van der Waals surface area contributed by atoms with Gasteiger partial charge in [0, 0.05) is 28.9 Å².